The summed E-state index contributed by atoms with van der Waals surface area (Å²) in [5.74, 6) is -0.258. The average molecular weight is 523 g/mol. The lowest BCUT2D eigenvalue weighted by Gasteiger charge is -2.35. The van der Waals surface area contributed by atoms with Gasteiger partial charge in [-0.2, -0.15) is 0 Å². The Labute approximate surface area is 189 Å². The summed E-state index contributed by atoms with van der Waals surface area (Å²) in [5.41, 5.74) is 0.637. The first-order valence-corrected chi connectivity index (χ1v) is 10.3. The van der Waals surface area contributed by atoms with Crippen LogP contribution in [0, 0.1) is 11.6 Å². The molecule has 29 heavy (non-hydrogen) atoms. The van der Waals surface area contributed by atoms with Gasteiger partial charge in [0.25, 0.3) is 0 Å². The van der Waals surface area contributed by atoms with E-state index in [1.807, 2.05) is 0 Å². The minimum Gasteiger partial charge on any atom is -0.376 e. The maximum Gasteiger partial charge on any atom is 0.193 e. The molecule has 0 bridgehead atoms. The van der Waals surface area contributed by atoms with Crippen LogP contribution in [0.15, 0.2) is 23.2 Å². The van der Waals surface area contributed by atoms with Crippen LogP contribution < -0.4 is 5.32 Å². The predicted octanol–water partition coefficient (Wildman–Crippen LogP) is 3.75. The molecule has 0 saturated carbocycles. The van der Waals surface area contributed by atoms with Crippen LogP contribution in [0.2, 0.25) is 0 Å². The molecule has 0 aromatic heterocycles. The van der Waals surface area contributed by atoms with E-state index in [0.29, 0.717) is 25.1 Å². The third-order valence-corrected chi connectivity index (χ3v) is 5.36. The maximum absolute atomic E-state index is 13.3. The lowest BCUT2D eigenvalue weighted by atomic mass is 10.1. The summed E-state index contributed by atoms with van der Waals surface area (Å²) in [4.78, 5) is 6.56. The molecular formula is C21H32F2IN3O2. The molecule has 1 aromatic carbocycles. The molecule has 3 rings (SSSR count). The van der Waals surface area contributed by atoms with Crippen LogP contribution in [-0.4, -0.2) is 63.0 Å². The van der Waals surface area contributed by atoms with Gasteiger partial charge in [-0.15, -0.1) is 24.0 Å². The molecule has 1 aromatic rings. The van der Waals surface area contributed by atoms with Crippen molar-refractivity contribution in [1.82, 2.24) is 10.2 Å². The number of halogens is 3. The molecule has 8 heteroatoms. The Bertz CT molecular complexity index is 629. The second-order valence-corrected chi connectivity index (χ2v) is 7.51. The van der Waals surface area contributed by atoms with Gasteiger partial charge in [-0.05, 0) is 56.2 Å². The van der Waals surface area contributed by atoms with E-state index in [1.165, 1.54) is 18.6 Å². The minimum atomic E-state index is -0.542. The van der Waals surface area contributed by atoms with E-state index in [1.54, 1.807) is 7.05 Å². The molecule has 5 nitrogen and oxygen atoms in total. The third-order valence-electron chi connectivity index (χ3n) is 5.36. The zero-order valence-corrected chi connectivity index (χ0v) is 19.4. The number of aliphatic imine (C=N–C) groups is 1. The molecule has 0 aliphatic carbocycles. The fourth-order valence-corrected chi connectivity index (χ4v) is 3.82. The number of hydrogen-bond donors (Lipinski definition) is 1. The highest BCUT2D eigenvalue weighted by atomic mass is 127. The van der Waals surface area contributed by atoms with Crippen LogP contribution in [0.25, 0.3) is 0 Å². The van der Waals surface area contributed by atoms with Gasteiger partial charge in [-0.1, -0.05) is 0 Å². The largest absolute Gasteiger partial charge is 0.376 e. The zero-order valence-electron chi connectivity index (χ0n) is 17.0. The smallest absolute Gasteiger partial charge is 0.193 e. The van der Waals surface area contributed by atoms with Gasteiger partial charge in [0.05, 0.1) is 18.8 Å². The maximum atomic E-state index is 13.3. The van der Waals surface area contributed by atoms with Gasteiger partial charge >= 0.3 is 0 Å². The van der Waals surface area contributed by atoms with E-state index in [0.717, 1.165) is 57.4 Å². The Kier molecular flexibility index (Phi) is 10.6. The molecule has 2 fully saturated rings. The standard InChI is InChI=1S/C21H31F2N3O2.HI/c1-24-21(25-8-5-16-12-17(22)14-18(23)13-16)26-9-6-19(7-10-26)28-15-20-4-2-3-11-27-20;/h12-14,19-20H,2-11,15H2,1H3,(H,24,25);1H. The van der Waals surface area contributed by atoms with Crippen LogP contribution in [0.3, 0.4) is 0 Å². The summed E-state index contributed by atoms with van der Waals surface area (Å²) >= 11 is 0. The van der Waals surface area contributed by atoms with Crippen molar-refractivity contribution in [2.24, 2.45) is 4.99 Å². The van der Waals surface area contributed by atoms with Gasteiger partial charge in [-0.25, -0.2) is 8.78 Å². The highest BCUT2D eigenvalue weighted by Crippen LogP contribution is 2.18. The van der Waals surface area contributed by atoms with E-state index in [9.17, 15) is 8.78 Å². The normalized spacial score (nSPS) is 21.0. The fraction of sp³-hybridized carbons (Fsp3) is 0.667. The summed E-state index contributed by atoms with van der Waals surface area (Å²) in [7, 11) is 1.76. The molecule has 2 aliphatic heterocycles. The fourth-order valence-electron chi connectivity index (χ4n) is 3.82. The lowest BCUT2D eigenvalue weighted by Crippen LogP contribution is -2.47. The molecule has 164 valence electrons. The van der Waals surface area contributed by atoms with Crippen molar-refractivity contribution in [1.29, 1.82) is 0 Å². The summed E-state index contributed by atoms with van der Waals surface area (Å²) in [6.07, 6.45) is 6.49. The van der Waals surface area contributed by atoms with Gasteiger partial charge in [0.1, 0.15) is 11.6 Å². The van der Waals surface area contributed by atoms with Crippen LogP contribution in [-0.2, 0) is 15.9 Å². The summed E-state index contributed by atoms with van der Waals surface area (Å²) in [6, 6.07) is 3.63. The molecule has 1 N–H and O–H groups in total. The van der Waals surface area contributed by atoms with Crippen LogP contribution in [0.5, 0.6) is 0 Å². The third kappa shape index (κ3) is 7.97. The Morgan fingerprint density at radius 3 is 2.52 bits per heavy atom. The van der Waals surface area contributed by atoms with Gasteiger partial charge in [-0.3, -0.25) is 4.99 Å². The number of hydrogen-bond acceptors (Lipinski definition) is 3. The quantitative estimate of drug-likeness (QED) is 0.351. The number of rotatable bonds is 6. The first-order chi connectivity index (χ1) is 13.6. The second kappa shape index (κ2) is 12.6. The molecule has 1 unspecified atom stereocenters. The Hall–Kier alpha value is -1.00. The molecule has 0 radical (unpaired) electrons. The summed E-state index contributed by atoms with van der Waals surface area (Å²) in [6.45, 7) is 3.89. The topological polar surface area (TPSA) is 46.1 Å². The van der Waals surface area contributed by atoms with Crippen molar-refractivity contribution in [3.63, 3.8) is 0 Å². The SMILES string of the molecule is CN=C(NCCc1cc(F)cc(F)c1)N1CCC(OCC2CCCCO2)CC1.I. The molecular weight excluding hydrogens is 491 g/mol. The zero-order chi connectivity index (χ0) is 19.8. The molecule has 0 spiro atoms. The van der Waals surface area contributed by atoms with E-state index < -0.39 is 11.6 Å². The van der Waals surface area contributed by atoms with Crippen molar-refractivity contribution >= 4 is 29.9 Å². The van der Waals surface area contributed by atoms with Gasteiger partial charge in [0.15, 0.2) is 5.96 Å². The molecule has 1 atom stereocenters. The number of piperidine rings is 1. The number of nitrogens with zero attached hydrogens (tertiary/aromatic N) is 2. The lowest BCUT2D eigenvalue weighted by molar-refractivity contribution is -0.0721. The number of ether oxygens (including phenoxy) is 2. The van der Waals surface area contributed by atoms with Crippen LogP contribution in [0.4, 0.5) is 8.78 Å². The van der Waals surface area contributed by atoms with Crippen molar-refractivity contribution in [3.05, 3.63) is 35.4 Å². The molecule has 2 saturated heterocycles. The predicted molar refractivity (Wildman–Crippen MR) is 121 cm³/mol. The summed E-state index contributed by atoms with van der Waals surface area (Å²) in [5, 5.41) is 3.30. The van der Waals surface area contributed by atoms with Crippen molar-refractivity contribution in [3.8, 4) is 0 Å². The van der Waals surface area contributed by atoms with E-state index >= 15 is 0 Å². The number of nitrogens with one attached hydrogen (secondary N) is 1. The van der Waals surface area contributed by atoms with E-state index in [4.69, 9.17) is 9.47 Å². The number of benzene rings is 1. The monoisotopic (exact) mass is 523 g/mol. The van der Waals surface area contributed by atoms with Gasteiger partial charge in [0.2, 0.25) is 0 Å². The van der Waals surface area contributed by atoms with Crippen molar-refractivity contribution in [2.75, 3.05) is 39.9 Å². The highest BCUT2D eigenvalue weighted by Gasteiger charge is 2.23. The first-order valence-electron chi connectivity index (χ1n) is 10.3. The highest BCUT2D eigenvalue weighted by molar-refractivity contribution is 14.0. The number of guanidine groups is 1. The number of likely N-dealkylation sites (tertiary alicyclic amines) is 1. The Morgan fingerprint density at radius 2 is 1.90 bits per heavy atom. The Morgan fingerprint density at radius 1 is 1.17 bits per heavy atom. The molecule has 2 aliphatic rings. The first kappa shape index (κ1) is 24.3. The minimum absolute atomic E-state index is 0. The van der Waals surface area contributed by atoms with Gasteiger partial charge in [0, 0.05) is 39.4 Å². The van der Waals surface area contributed by atoms with Crippen LogP contribution in [0.1, 0.15) is 37.7 Å². The van der Waals surface area contributed by atoms with Crippen LogP contribution >= 0.6 is 24.0 Å². The Balaban J connectivity index is 0.00000300. The van der Waals surface area contributed by atoms with E-state index in [-0.39, 0.29) is 36.2 Å². The molecule has 0 amide bonds. The van der Waals surface area contributed by atoms with Crippen molar-refractivity contribution < 1.29 is 18.3 Å². The van der Waals surface area contributed by atoms with Gasteiger partial charge < -0.3 is 19.7 Å². The second-order valence-electron chi connectivity index (χ2n) is 7.51. The van der Waals surface area contributed by atoms with Crippen molar-refractivity contribution in [2.45, 2.75) is 50.7 Å². The molecule has 2 heterocycles. The van der Waals surface area contributed by atoms with E-state index in [2.05, 4.69) is 15.2 Å². The summed E-state index contributed by atoms with van der Waals surface area (Å²) < 4.78 is 38.3. The average Bonchev–Trinajstić information content (AvgIpc) is 2.70.